The second-order valence-electron chi connectivity index (χ2n) is 6.54. The van der Waals surface area contributed by atoms with Gasteiger partial charge in [0.15, 0.2) is 11.5 Å². The molecule has 0 unspecified atom stereocenters. The fourth-order valence-corrected chi connectivity index (χ4v) is 2.58. The summed E-state index contributed by atoms with van der Waals surface area (Å²) in [6.07, 6.45) is 7.34. The van der Waals surface area contributed by atoms with Crippen molar-refractivity contribution in [3.63, 3.8) is 0 Å². The van der Waals surface area contributed by atoms with Gasteiger partial charge < -0.3 is 18.9 Å². The van der Waals surface area contributed by atoms with Gasteiger partial charge in [-0.2, -0.15) is 0 Å². The maximum absolute atomic E-state index is 12.1. The van der Waals surface area contributed by atoms with Crippen LogP contribution >= 0.6 is 0 Å². The smallest absolute Gasteiger partial charge is 0.336 e. The standard InChI is InChI=1S/C24H30O5/c1-4-6-7-17-27-20-10-12-21(13-11-20)29-24(25)15-9-19-8-14-22(28-16-5-2)23(18-19)26-3/h8-15,18H,4-7,16-17H2,1-3H3. The SMILES string of the molecule is CCCCCOc1ccc(OC(=O)C=Cc2ccc(OCCC)c(OC)c2)cc1. The molecule has 0 N–H and O–H groups in total. The zero-order valence-corrected chi connectivity index (χ0v) is 17.5. The minimum absolute atomic E-state index is 0.452. The fourth-order valence-electron chi connectivity index (χ4n) is 2.58. The Bertz CT molecular complexity index is 780. The predicted molar refractivity (Wildman–Crippen MR) is 115 cm³/mol. The summed E-state index contributed by atoms with van der Waals surface area (Å²) in [5, 5.41) is 0. The number of esters is 1. The van der Waals surface area contributed by atoms with Gasteiger partial charge in [0, 0.05) is 6.08 Å². The molecule has 0 aliphatic carbocycles. The lowest BCUT2D eigenvalue weighted by Gasteiger charge is -2.10. The van der Waals surface area contributed by atoms with Gasteiger partial charge in [-0.05, 0) is 60.9 Å². The fraction of sp³-hybridized carbons (Fsp3) is 0.375. The highest BCUT2D eigenvalue weighted by atomic mass is 16.5. The molecule has 156 valence electrons. The molecule has 5 heteroatoms. The highest BCUT2D eigenvalue weighted by molar-refractivity contribution is 5.88. The summed E-state index contributed by atoms with van der Waals surface area (Å²) in [6, 6.07) is 12.6. The van der Waals surface area contributed by atoms with Crippen molar-refractivity contribution < 1.29 is 23.7 Å². The lowest BCUT2D eigenvalue weighted by Crippen LogP contribution is -2.04. The van der Waals surface area contributed by atoms with Crippen LogP contribution in [0, 0.1) is 0 Å². The Labute approximate surface area is 173 Å². The molecule has 2 aromatic carbocycles. The second-order valence-corrected chi connectivity index (χ2v) is 6.54. The minimum atomic E-state index is -0.452. The Morgan fingerprint density at radius 3 is 2.31 bits per heavy atom. The lowest BCUT2D eigenvalue weighted by atomic mass is 10.2. The van der Waals surface area contributed by atoms with Crippen molar-refractivity contribution in [2.45, 2.75) is 39.5 Å². The number of rotatable bonds is 12. The van der Waals surface area contributed by atoms with Crippen LogP contribution in [0.2, 0.25) is 0 Å². The number of benzene rings is 2. The van der Waals surface area contributed by atoms with E-state index in [4.69, 9.17) is 18.9 Å². The molecule has 0 atom stereocenters. The van der Waals surface area contributed by atoms with Crippen LogP contribution in [0.25, 0.3) is 6.08 Å². The van der Waals surface area contributed by atoms with E-state index in [9.17, 15) is 4.79 Å². The first kappa shape index (κ1) is 22.3. The molecule has 0 aliphatic heterocycles. The number of carbonyl (C=O) groups is 1. The molecule has 0 spiro atoms. The van der Waals surface area contributed by atoms with Crippen molar-refractivity contribution in [1.29, 1.82) is 0 Å². The monoisotopic (exact) mass is 398 g/mol. The van der Waals surface area contributed by atoms with Gasteiger partial charge in [-0.1, -0.05) is 32.8 Å². The average molecular weight is 398 g/mol. The number of hydrogen-bond donors (Lipinski definition) is 0. The van der Waals surface area contributed by atoms with Crippen LogP contribution in [0.1, 0.15) is 45.1 Å². The third-order valence-electron chi connectivity index (χ3n) is 4.12. The zero-order valence-electron chi connectivity index (χ0n) is 17.5. The molecule has 0 aromatic heterocycles. The summed E-state index contributed by atoms with van der Waals surface area (Å²) in [5.41, 5.74) is 0.818. The van der Waals surface area contributed by atoms with Crippen molar-refractivity contribution >= 4 is 12.0 Å². The van der Waals surface area contributed by atoms with Gasteiger partial charge in [-0.25, -0.2) is 4.79 Å². The van der Waals surface area contributed by atoms with Crippen LogP contribution in [0.5, 0.6) is 23.0 Å². The van der Waals surface area contributed by atoms with Crippen LogP contribution in [-0.4, -0.2) is 26.3 Å². The highest BCUT2D eigenvalue weighted by Gasteiger charge is 2.06. The molecular weight excluding hydrogens is 368 g/mol. The Morgan fingerprint density at radius 2 is 1.62 bits per heavy atom. The topological polar surface area (TPSA) is 54.0 Å². The van der Waals surface area contributed by atoms with Crippen LogP contribution in [0.3, 0.4) is 0 Å². The van der Waals surface area contributed by atoms with Crippen LogP contribution in [0.4, 0.5) is 0 Å². The summed E-state index contributed by atoms with van der Waals surface area (Å²) in [4.78, 5) is 12.1. The van der Waals surface area contributed by atoms with Crippen molar-refractivity contribution in [1.82, 2.24) is 0 Å². The second kappa shape index (κ2) is 12.5. The lowest BCUT2D eigenvalue weighted by molar-refractivity contribution is -0.128. The number of carbonyl (C=O) groups excluding carboxylic acids is 1. The first-order valence-corrected chi connectivity index (χ1v) is 10.1. The molecule has 0 amide bonds. The molecule has 0 aliphatic rings. The maximum Gasteiger partial charge on any atom is 0.336 e. The van der Waals surface area contributed by atoms with Gasteiger partial charge in [0.2, 0.25) is 0 Å². The summed E-state index contributed by atoms with van der Waals surface area (Å²) in [6.45, 7) is 5.52. The van der Waals surface area contributed by atoms with Crippen molar-refractivity contribution in [2.75, 3.05) is 20.3 Å². The van der Waals surface area contributed by atoms with Gasteiger partial charge in [0.25, 0.3) is 0 Å². The van der Waals surface area contributed by atoms with E-state index < -0.39 is 5.97 Å². The van der Waals surface area contributed by atoms with Gasteiger partial charge in [0.1, 0.15) is 11.5 Å². The third kappa shape index (κ3) is 7.90. The molecule has 0 saturated heterocycles. The summed E-state index contributed by atoms with van der Waals surface area (Å²) >= 11 is 0. The van der Waals surface area contributed by atoms with Crippen molar-refractivity contribution in [3.05, 3.63) is 54.1 Å². The van der Waals surface area contributed by atoms with Gasteiger partial charge in [-0.15, -0.1) is 0 Å². The number of unbranched alkanes of at least 4 members (excludes halogenated alkanes) is 2. The van der Waals surface area contributed by atoms with E-state index in [0.717, 1.165) is 37.0 Å². The number of ether oxygens (including phenoxy) is 4. The Kier molecular flexibility index (Phi) is 9.63. The highest BCUT2D eigenvalue weighted by Crippen LogP contribution is 2.28. The van der Waals surface area contributed by atoms with E-state index in [1.807, 2.05) is 25.1 Å². The quantitative estimate of drug-likeness (QED) is 0.199. The van der Waals surface area contributed by atoms with Crippen molar-refractivity contribution in [2.24, 2.45) is 0 Å². The minimum Gasteiger partial charge on any atom is -0.494 e. The van der Waals surface area contributed by atoms with E-state index in [2.05, 4.69) is 6.92 Å². The molecular formula is C24H30O5. The molecule has 2 aromatic rings. The third-order valence-corrected chi connectivity index (χ3v) is 4.12. The maximum atomic E-state index is 12.1. The Morgan fingerprint density at radius 1 is 0.862 bits per heavy atom. The van der Waals surface area contributed by atoms with Crippen LogP contribution in [-0.2, 0) is 4.79 Å². The van der Waals surface area contributed by atoms with Gasteiger partial charge >= 0.3 is 5.97 Å². The van der Waals surface area contributed by atoms with Crippen LogP contribution < -0.4 is 18.9 Å². The molecule has 5 nitrogen and oxygen atoms in total. The molecule has 0 fully saturated rings. The molecule has 0 saturated carbocycles. The molecule has 2 rings (SSSR count). The van der Waals surface area contributed by atoms with Gasteiger partial charge in [-0.3, -0.25) is 0 Å². The van der Waals surface area contributed by atoms with E-state index >= 15 is 0 Å². The van der Waals surface area contributed by atoms with E-state index in [0.29, 0.717) is 30.5 Å². The molecule has 0 bridgehead atoms. The first-order valence-electron chi connectivity index (χ1n) is 10.1. The van der Waals surface area contributed by atoms with E-state index in [1.54, 1.807) is 37.5 Å². The first-order chi connectivity index (χ1) is 14.2. The van der Waals surface area contributed by atoms with Gasteiger partial charge in [0.05, 0.1) is 20.3 Å². The van der Waals surface area contributed by atoms with Crippen LogP contribution in [0.15, 0.2) is 48.5 Å². The summed E-state index contributed by atoms with van der Waals surface area (Å²) in [5.74, 6) is 2.11. The number of hydrogen-bond acceptors (Lipinski definition) is 5. The normalized spacial score (nSPS) is 10.7. The number of methoxy groups -OCH3 is 1. The predicted octanol–water partition coefficient (Wildman–Crippen LogP) is 5.67. The Hall–Kier alpha value is -2.95. The molecule has 29 heavy (non-hydrogen) atoms. The van der Waals surface area contributed by atoms with E-state index in [-0.39, 0.29) is 0 Å². The largest absolute Gasteiger partial charge is 0.494 e. The van der Waals surface area contributed by atoms with Crippen molar-refractivity contribution in [3.8, 4) is 23.0 Å². The van der Waals surface area contributed by atoms with E-state index in [1.165, 1.54) is 6.08 Å². The summed E-state index contributed by atoms with van der Waals surface area (Å²) in [7, 11) is 1.59. The average Bonchev–Trinajstić information content (AvgIpc) is 2.75. The molecule has 0 heterocycles. The zero-order chi connectivity index (χ0) is 20.9. The summed E-state index contributed by atoms with van der Waals surface area (Å²) < 4.78 is 22.0. The molecule has 0 radical (unpaired) electrons. The Balaban J connectivity index is 1.89.